The molecule has 6 nitrogen and oxygen atoms in total. The van der Waals surface area contributed by atoms with Crippen LogP contribution in [0.5, 0.6) is 0 Å². The van der Waals surface area contributed by atoms with Crippen LogP contribution >= 0.6 is 0 Å². The lowest BCUT2D eigenvalue weighted by Gasteiger charge is -2.34. The molecular weight excluding hydrogens is 309 g/mol. The molecule has 3 rings (SSSR count). The molecule has 0 saturated carbocycles. The van der Waals surface area contributed by atoms with E-state index < -0.39 is 0 Å². The van der Waals surface area contributed by atoms with Crippen LogP contribution in [0.15, 0.2) is 30.6 Å². The van der Waals surface area contributed by atoms with Gasteiger partial charge in [-0.2, -0.15) is 10.1 Å². The second-order valence-electron chi connectivity index (χ2n) is 6.32. The van der Waals surface area contributed by atoms with Gasteiger partial charge in [0.2, 0.25) is 11.9 Å². The van der Waals surface area contributed by atoms with Crippen molar-refractivity contribution >= 4 is 11.9 Å². The zero-order valence-corrected chi connectivity index (χ0v) is 13.8. The quantitative estimate of drug-likeness (QED) is 0.908. The Hall–Kier alpha value is -2.44. The molecule has 1 aromatic heterocycles. The number of carbonyl (C=O) groups excluding carboxylic acids is 1. The van der Waals surface area contributed by atoms with E-state index in [9.17, 15) is 9.18 Å². The van der Waals surface area contributed by atoms with Crippen LogP contribution in [0, 0.1) is 11.7 Å². The van der Waals surface area contributed by atoms with Gasteiger partial charge in [-0.15, -0.1) is 0 Å². The number of rotatable bonds is 5. The largest absolute Gasteiger partial charge is 0.339 e. The van der Waals surface area contributed by atoms with Gasteiger partial charge >= 0.3 is 0 Å². The van der Waals surface area contributed by atoms with E-state index in [1.165, 1.54) is 18.5 Å². The summed E-state index contributed by atoms with van der Waals surface area (Å²) < 4.78 is 13.2. The lowest BCUT2D eigenvalue weighted by Crippen LogP contribution is -2.49. The maximum atomic E-state index is 13.2. The number of benzene rings is 1. The van der Waals surface area contributed by atoms with E-state index in [2.05, 4.69) is 20.1 Å². The molecule has 0 spiro atoms. The molecule has 0 bridgehead atoms. The van der Waals surface area contributed by atoms with E-state index in [-0.39, 0.29) is 17.6 Å². The molecule has 1 aliphatic rings. The van der Waals surface area contributed by atoms with Gasteiger partial charge in [-0.05, 0) is 30.0 Å². The summed E-state index contributed by atoms with van der Waals surface area (Å²) >= 11 is 0. The first kappa shape index (κ1) is 16.4. The van der Waals surface area contributed by atoms with Crippen LogP contribution in [0.4, 0.5) is 10.3 Å². The van der Waals surface area contributed by atoms with E-state index in [0.717, 1.165) is 24.6 Å². The second-order valence-corrected chi connectivity index (χ2v) is 6.32. The molecule has 2 heterocycles. The normalized spacial score (nSPS) is 16.2. The molecule has 1 aromatic carbocycles. The minimum Gasteiger partial charge on any atom is -0.339 e. The molecule has 1 fully saturated rings. The molecule has 1 unspecified atom stereocenters. The summed E-state index contributed by atoms with van der Waals surface area (Å²) in [6.45, 7) is 4.91. The third kappa shape index (κ3) is 4.10. The molecule has 24 heavy (non-hydrogen) atoms. The first-order chi connectivity index (χ1) is 11.6. The molecule has 0 radical (unpaired) electrons. The minimum atomic E-state index is -0.227. The number of aromatic nitrogens is 3. The number of aromatic amines is 1. The van der Waals surface area contributed by atoms with Crippen LogP contribution in [0.25, 0.3) is 0 Å². The van der Waals surface area contributed by atoms with Gasteiger partial charge in [0.25, 0.3) is 0 Å². The van der Waals surface area contributed by atoms with E-state index in [1.54, 1.807) is 6.07 Å². The van der Waals surface area contributed by atoms with Gasteiger partial charge < -0.3 is 9.80 Å². The summed E-state index contributed by atoms with van der Waals surface area (Å²) in [6.07, 6.45) is 2.68. The number of piperazine rings is 1. The van der Waals surface area contributed by atoms with E-state index in [1.807, 2.05) is 17.9 Å². The highest BCUT2D eigenvalue weighted by atomic mass is 19.1. The predicted molar refractivity (Wildman–Crippen MR) is 89.1 cm³/mol. The Balaban J connectivity index is 1.47. The SMILES string of the molecule is CC(CC(=O)N1CCN(c2ncn[nH]2)CC1)Cc1cccc(F)c1. The van der Waals surface area contributed by atoms with Gasteiger partial charge in [0.15, 0.2) is 0 Å². The summed E-state index contributed by atoms with van der Waals surface area (Å²) in [5.41, 5.74) is 0.936. The Morgan fingerprint density at radius 1 is 1.33 bits per heavy atom. The zero-order chi connectivity index (χ0) is 16.9. The molecule has 1 N–H and O–H groups in total. The van der Waals surface area contributed by atoms with Gasteiger partial charge in [0.1, 0.15) is 12.1 Å². The summed E-state index contributed by atoms with van der Waals surface area (Å²) in [7, 11) is 0. The number of halogens is 1. The number of carbonyl (C=O) groups is 1. The molecule has 2 aromatic rings. The first-order valence-electron chi connectivity index (χ1n) is 8.24. The Labute approximate surface area is 140 Å². The molecule has 1 saturated heterocycles. The van der Waals surface area contributed by atoms with Gasteiger partial charge in [0.05, 0.1) is 0 Å². The van der Waals surface area contributed by atoms with Crippen LogP contribution in [0.3, 0.4) is 0 Å². The number of anilines is 1. The molecule has 1 aliphatic heterocycles. The predicted octanol–water partition coefficient (Wildman–Crippen LogP) is 1.86. The summed E-state index contributed by atoms with van der Waals surface area (Å²) in [6, 6.07) is 6.59. The van der Waals surface area contributed by atoms with Crippen LogP contribution in [-0.2, 0) is 11.2 Å². The Bertz CT molecular complexity index is 667. The topological polar surface area (TPSA) is 65.1 Å². The molecule has 128 valence electrons. The number of hydrogen-bond donors (Lipinski definition) is 1. The van der Waals surface area contributed by atoms with Crippen molar-refractivity contribution in [2.24, 2.45) is 5.92 Å². The maximum absolute atomic E-state index is 13.2. The fraction of sp³-hybridized carbons (Fsp3) is 0.471. The Morgan fingerprint density at radius 3 is 2.79 bits per heavy atom. The maximum Gasteiger partial charge on any atom is 0.222 e. The monoisotopic (exact) mass is 331 g/mol. The van der Waals surface area contributed by atoms with E-state index in [4.69, 9.17) is 0 Å². The number of hydrogen-bond acceptors (Lipinski definition) is 4. The molecule has 1 atom stereocenters. The highest BCUT2D eigenvalue weighted by Gasteiger charge is 2.23. The smallest absolute Gasteiger partial charge is 0.222 e. The highest BCUT2D eigenvalue weighted by Crippen LogP contribution is 2.16. The summed E-state index contributed by atoms with van der Waals surface area (Å²) in [5, 5.41) is 6.70. The Kier molecular flexibility index (Phi) is 5.08. The average Bonchev–Trinajstić information content (AvgIpc) is 3.09. The third-order valence-electron chi connectivity index (χ3n) is 4.33. The van der Waals surface area contributed by atoms with E-state index >= 15 is 0 Å². The first-order valence-corrected chi connectivity index (χ1v) is 8.24. The number of nitrogens with zero attached hydrogens (tertiary/aromatic N) is 4. The van der Waals surface area contributed by atoms with Crippen molar-refractivity contribution < 1.29 is 9.18 Å². The van der Waals surface area contributed by atoms with Crippen LogP contribution < -0.4 is 4.90 Å². The summed E-state index contributed by atoms with van der Waals surface area (Å²) in [5.74, 6) is 0.874. The minimum absolute atomic E-state index is 0.163. The molecule has 0 aliphatic carbocycles. The van der Waals surface area contributed by atoms with Crippen molar-refractivity contribution in [1.82, 2.24) is 20.1 Å². The van der Waals surface area contributed by atoms with Gasteiger partial charge in [0, 0.05) is 32.6 Å². The fourth-order valence-electron chi connectivity index (χ4n) is 3.08. The molecular formula is C17H22FN5O. The molecule has 7 heteroatoms. The van der Waals surface area contributed by atoms with Gasteiger partial charge in [-0.1, -0.05) is 19.1 Å². The number of H-pyrrole nitrogens is 1. The van der Waals surface area contributed by atoms with Crippen molar-refractivity contribution in [2.75, 3.05) is 31.1 Å². The van der Waals surface area contributed by atoms with Crippen LogP contribution in [-0.4, -0.2) is 52.2 Å². The Morgan fingerprint density at radius 2 is 2.12 bits per heavy atom. The highest BCUT2D eigenvalue weighted by molar-refractivity contribution is 5.76. The van der Waals surface area contributed by atoms with Crippen molar-refractivity contribution in [1.29, 1.82) is 0 Å². The number of amides is 1. The standard InChI is InChI=1S/C17H22FN5O/c1-13(9-14-3-2-4-15(18)11-14)10-16(24)22-5-7-23(8-6-22)17-19-12-20-21-17/h2-4,11-13H,5-10H2,1H3,(H,19,20,21). The second kappa shape index (κ2) is 7.42. The summed E-state index contributed by atoms with van der Waals surface area (Å²) in [4.78, 5) is 20.6. The van der Waals surface area contributed by atoms with E-state index in [0.29, 0.717) is 25.9 Å². The average molecular weight is 331 g/mol. The van der Waals surface area contributed by atoms with Crippen LogP contribution in [0.2, 0.25) is 0 Å². The van der Waals surface area contributed by atoms with Crippen molar-refractivity contribution in [3.8, 4) is 0 Å². The zero-order valence-electron chi connectivity index (χ0n) is 13.8. The van der Waals surface area contributed by atoms with Crippen LogP contribution in [0.1, 0.15) is 18.9 Å². The van der Waals surface area contributed by atoms with Gasteiger partial charge in [-0.3, -0.25) is 4.79 Å². The van der Waals surface area contributed by atoms with Crippen molar-refractivity contribution in [3.63, 3.8) is 0 Å². The third-order valence-corrected chi connectivity index (χ3v) is 4.33. The van der Waals surface area contributed by atoms with Crippen molar-refractivity contribution in [2.45, 2.75) is 19.8 Å². The van der Waals surface area contributed by atoms with Gasteiger partial charge in [-0.25, -0.2) is 9.49 Å². The number of nitrogens with one attached hydrogen (secondary N) is 1. The lowest BCUT2D eigenvalue weighted by atomic mass is 9.97. The fourth-order valence-corrected chi connectivity index (χ4v) is 3.08. The molecule has 1 amide bonds. The lowest BCUT2D eigenvalue weighted by molar-refractivity contribution is -0.132. The van der Waals surface area contributed by atoms with Crippen molar-refractivity contribution in [3.05, 3.63) is 42.0 Å².